The third kappa shape index (κ3) is 6.11. The van der Waals surface area contributed by atoms with Crippen LogP contribution in [0, 0.1) is 16.7 Å². The molecule has 0 saturated heterocycles. The maximum atomic E-state index is 12.0. The highest BCUT2D eigenvalue weighted by Crippen LogP contribution is 2.36. The zero-order valence-corrected chi connectivity index (χ0v) is 11.8. The van der Waals surface area contributed by atoms with E-state index in [4.69, 9.17) is 4.74 Å². The molecule has 1 atom stereocenters. The summed E-state index contributed by atoms with van der Waals surface area (Å²) in [6.45, 7) is 13.0. The molecule has 3 heteroatoms. The van der Waals surface area contributed by atoms with Crippen LogP contribution in [0.4, 0.5) is 0 Å². The van der Waals surface area contributed by atoms with Gasteiger partial charge in [0.15, 0.2) is 0 Å². The monoisotopic (exact) mass is 229 g/mol. The molecule has 0 bridgehead atoms. The van der Waals surface area contributed by atoms with Crippen LogP contribution >= 0.6 is 0 Å². The van der Waals surface area contributed by atoms with Crippen molar-refractivity contribution in [2.75, 3.05) is 13.8 Å². The van der Waals surface area contributed by atoms with E-state index < -0.39 is 0 Å². The molecular weight excluding hydrogens is 202 g/mol. The molecular formula is C13H27NO2. The predicted octanol–water partition coefficient (Wildman–Crippen LogP) is 2.81. The quantitative estimate of drug-likeness (QED) is 0.595. The second kappa shape index (κ2) is 5.67. The third-order valence-corrected chi connectivity index (χ3v) is 2.51. The summed E-state index contributed by atoms with van der Waals surface area (Å²) in [5.41, 5.74) is 0.0781. The standard InChI is InChI=1S/C13H27NO2/c1-12(2,3)8-10(13(4,5)6)11(15)16-9-14-7/h10,14H,8-9H2,1-7H3. The number of nitrogens with one attached hydrogen (secondary N) is 1. The molecule has 0 aromatic rings. The number of carbonyl (C=O) groups is 1. The summed E-state index contributed by atoms with van der Waals surface area (Å²) < 4.78 is 5.18. The lowest BCUT2D eigenvalue weighted by Gasteiger charge is -2.33. The van der Waals surface area contributed by atoms with Crippen molar-refractivity contribution < 1.29 is 9.53 Å². The van der Waals surface area contributed by atoms with Gasteiger partial charge >= 0.3 is 5.97 Å². The predicted molar refractivity (Wildman–Crippen MR) is 67.0 cm³/mol. The van der Waals surface area contributed by atoms with E-state index in [1.165, 1.54) is 0 Å². The van der Waals surface area contributed by atoms with Crippen LogP contribution < -0.4 is 5.32 Å². The second-order valence-electron chi connectivity index (χ2n) is 6.64. The van der Waals surface area contributed by atoms with Crippen LogP contribution in [0.2, 0.25) is 0 Å². The summed E-state index contributed by atoms with van der Waals surface area (Å²) in [6, 6.07) is 0. The van der Waals surface area contributed by atoms with Crippen LogP contribution in [-0.2, 0) is 9.53 Å². The van der Waals surface area contributed by atoms with Gasteiger partial charge in [0.2, 0.25) is 0 Å². The van der Waals surface area contributed by atoms with Gasteiger partial charge in [0.25, 0.3) is 0 Å². The van der Waals surface area contributed by atoms with E-state index in [1.807, 2.05) is 0 Å². The molecule has 0 radical (unpaired) electrons. The van der Waals surface area contributed by atoms with Crippen LogP contribution in [0.25, 0.3) is 0 Å². The molecule has 96 valence electrons. The molecule has 0 saturated carbocycles. The average Bonchev–Trinajstić information content (AvgIpc) is 2.07. The van der Waals surface area contributed by atoms with Crippen LogP contribution in [0.1, 0.15) is 48.0 Å². The third-order valence-electron chi connectivity index (χ3n) is 2.51. The van der Waals surface area contributed by atoms with E-state index in [1.54, 1.807) is 7.05 Å². The van der Waals surface area contributed by atoms with Crippen molar-refractivity contribution in [3.05, 3.63) is 0 Å². The van der Waals surface area contributed by atoms with Crippen LogP contribution in [0.3, 0.4) is 0 Å². The topological polar surface area (TPSA) is 38.3 Å². The second-order valence-corrected chi connectivity index (χ2v) is 6.64. The Labute approximate surface area is 99.9 Å². The SMILES string of the molecule is CNCOC(=O)C(CC(C)(C)C)C(C)(C)C. The maximum Gasteiger partial charge on any atom is 0.310 e. The first-order chi connectivity index (χ1) is 7.08. The van der Waals surface area contributed by atoms with Gasteiger partial charge in [0.1, 0.15) is 6.73 Å². The van der Waals surface area contributed by atoms with Gasteiger partial charge in [-0.15, -0.1) is 0 Å². The number of carbonyl (C=O) groups excluding carboxylic acids is 1. The number of hydrogen-bond acceptors (Lipinski definition) is 3. The molecule has 0 heterocycles. The van der Waals surface area contributed by atoms with E-state index in [0.717, 1.165) is 6.42 Å². The molecule has 0 fully saturated rings. The minimum absolute atomic E-state index is 0.0548. The molecule has 16 heavy (non-hydrogen) atoms. The molecule has 0 aliphatic rings. The van der Waals surface area contributed by atoms with E-state index >= 15 is 0 Å². The Balaban J connectivity index is 4.62. The summed E-state index contributed by atoms with van der Waals surface area (Å²) >= 11 is 0. The number of ether oxygens (including phenoxy) is 1. The fourth-order valence-electron chi connectivity index (χ4n) is 1.60. The highest BCUT2D eigenvalue weighted by Gasteiger charge is 2.35. The molecule has 1 N–H and O–H groups in total. The highest BCUT2D eigenvalue weighted by molar-refractivity contribution is 5.73. The summed E-state index contributed by atoms with van der Waals surface area (Å²) in [5.74, 6) is -0.155. The largest absolute Gasteiger partial charge is 0.450 e. The molecule has 0 spiro atoms. The van der Waals surface area contributed by atoms with Crippen LogP contribution in [0.15, 0.2) is 0 Å². The molecule has 0 aliphatic heterocycles. The Morgan fingerprint density at radius 2 is 1.69 bits per heavy atom. The first kappa shape index (κ1) is 15.4. The van der Waals surface area contributed by atoms with Gasteiger partial charge in [-0.3, -0.25) is 10.1 Å². The summed E-state index contributed by atoms with van der Waals surface area (Å²) in [6.07, 6.45) is 0.846. The number of esters is 1. The molecule has 1 unspecified atom stereocenters. The minimum atomic E-state index is -0.100. The number of hydrogen-bond donors (Lipinski definition) is 1. The molecule has 0 amide bonds. The lowest BCUT2D eigenvalue weighted by atomic mass is 9.72. The van der Waals surface area contributed by atoms with Gasteiger partial charge in [0, 0.05) is 0 Å². The molecule has 0 rings (SSSR count). The van der Waals surface area contributed by atoms with E-state index in [2.05, 4.69) is 46.9 Å². The molecule has 3 nitrogen and oxygen atoms in total. The first-order valence-corrected chi connectivity index (χ1v) is 5.89. The van der Waals surface area contributed by atoms with Crippen molar-refractivity contribution >= 4 is 5.97 Å². The highest BCUT2D eigenvalue weighted by atomic mass is 16.5. The molecule has 0 aliphatic carbocycles. The van der Waals surface area contributed by atoms with Crippen molar-refractivity contribution in [3.8, 4) is 0 Å². The zero-order chi connectivity index (χ0) is 13.0. The smallest absolute Gasteiger partial charge is 0.310 e. The normalized spacial score (nSPS) is 14.7. The Hall–Kier alpha value is -0.570. The number of rotatable bonds is 4. The van der Waals surface area contributed by atoms with Gasteiger partial charge in [-0.1, -0.05) is 41.5 Å². The van der Waals surface area contributed by atoms with E-state index in [0.29, 0.717) is 0 Å². The molecule has 0 aromatic carbocycles. The van der Waals surface area contributed by atoms with Gasteiger partial charge < -0.3 is 4.74 Å². The maximum absolute atomic E-state index is 12.0. The van der Waals surface area contributed by atoms with Gasteiger partial charge in [-0.05, 0) is 24.3 Å². The fourth-order valence-corrected chi connectivity index (χ4v) is 1.60. The fraction of sp³-hybridized carbons (Fsp3) is 0.923. The summed E-state index contributed by atoms with van der Waals surface area (Å²) in [5, 5.41) is 2.82. The minimum Gasteiger partial charge on any atom is -0.450 e. The van der Waals surface area contributed by atoms with Gasteiger partial charge in [-0.25, -0.2) is 0 Å². The van der Waals surface area contributed by atoms with Crippen molar-refractivity contribution in [2.24, 2.45) is 16.7 Å². The Morgan fingerprint density at radius 1 is 1.19 bits per heavy atom. The van der Waals surface area contributed by atoms with Gasteiger partial charge in [-0.2, -0.15) is 0 Å². The first-order valence-electron chi connectivity index (χ1n) is 5.89. The van der Waals surface area contributed by atoms with Gasteiger partial charge in [0.05, 0.1) is 5.92 Å². The summed E-state index contributed by atoms with van der Waals surface area (Å²) in [7, 11) is 1.77. The zero-order valence-electron chi connectivity index (χ0n) is 11.8. The lowest BCUT2D eigenvalue weighted by Crippen LogP contribution is -2.35. The van der Waals surface area contributed by atoms with Crippen molar-refractivity contribution in [2.45, 2.75) is 48.0 Å². The molecule has 0 aromatic heterocycles. The van der Waals surface area contributed by atoms with Crippen molar-refractivity contribution in [1.29, 1.82) is 0 Å². The van der Waals surface area contributed by atoms with Crippen molar-refractivity contribution in [1.82, 2.24) is 5.32 Å². The average molecular weight is 229 g/mol. The lowest BCUT2D eigenvalue weighted by molar-refractivity contribution is -0.154. The summed E-state index contributed by atoms with van der Waals surface area (Å²) in [4.78, 5) is 12.0. The van der Waals surface area contributed by atoms with Crippen LogP contribution in [-0.4, -0.2) is 19.7 Å². The Morgan fingerprint density at radius 3 is 2.00 bits per heavy atom. The van der Waals surface area contributed by atoms with Crippen LogP contribution in [0.5, 0.6) is 0 Å². The Kier molecular flexibility index (Phi) is 5.47. The Bertz CT molecular complexity index is 223. The van der Waals surface area contributed by atoms with E-state index in [-0.39, 0.29) is 29.4 Å². The van der Waals surface area contributed by atoms with Crippen molar-refractivity contribution in [3.63, 3.8) is 0 Å². The van der Waals surface area contributed by atoms with E-state index in [9.17, 15) is 4.79 Å².